The van der Waals surface area contributed by atoms with E-state index in [-0.39, 0.29) is 11.1 Å². The SMILES string of the molecule is O=C(N[C@@H](C(=O)O)c1ccc(F)c(F)c1)c1cccc(-n2cccn2)c1. The molecule has 0 spiro atoms. The third-order valence-electron chi connectivity index (χ3n) is 3.68. The first kappa shape index (κ1) is 17.3. The van der Waals surface area contributed by atoms with Gasteiger partial charge in [0.1, 0.15) is 0 Å². The van der Waals surface area contributed by atoms with Gasteiger partial charge in [0.2, 0.25) is 0 Å². The fourth-order valence-corrected chi connectivity index (χ4v) is 2.41. The molecule has 26 heavy (non-hydrogen) atoms. The number of hydrogen-bond donors (Lipinski definition) is 2. The minimum absolute atomic E-state index is 0.0759. The van der Waals surface area contributed by atoms with Crippen molar-refractivity contribution in [3.8, 4) is 5.69 Å². The first-order valence-corrected chi connectivity index (χ1v) is 7.54. The second kappa shape index (κ2) is 7.14. The van der Waals surface area contributed by atoms with E-state index in [1.54, 1.807) is 35.3 Å². The molecule has 1 aromatic heterocycles. The fraction of sp³-hybridized carbons (Fsp3) is 0.0556. The van der Waals surface area contributed by atoms with Crippen LogP contribution < -0.4 is 5.32 Å². The number of carbonyl (C=O) groups is 2. The van der Waals surface area contributed by atoms with Crippen LogP contribution in [0.15, 0.2) is 60.9 Å². The average molecular weight is 357 g/mol. The Morgan fingerprint density at radius 1 is 1.08 bits per heavy atom. The van der Waals surface area contributed by atoms with E-state index in [0.717, 1.165) is 18.2 Å². The van der Waals surface area contributed by atoms with Gasteiger partial charge in [0.15, 0.2) is 17.7 Å². The van der Waals surface area contributed by atoms with Crippen molar-refractivity contribution in [3.63, 3.8) is 0 Å². The van der Waals surface area contributed by atoms with E-state index in [1.165, 1.54) is 12.1 Å². The van der Waals surface area contributed by atoms with Crippen LogP contribution in [0, 0.1) is 11.6 Å². The Bertz CT molecular complexity index is 958. The van der Waals surface area contributed by atoms with Crippen LogP contribution in [0.4, 0.5) is 8.78 Å². The van der Waals surface area contributed by atoms with Crippen LogP contribution in [-0.2, 0) is 4.79 Å². The molecule has 8 heteroatoms. The molecule has 0 aliphatic rings. The second-order valence-corrected chi connectivity index (χ2v) is 5.42. The van der Waals surface area contributed by atoms with Gasteiger partial charge in [-0.15, -0.1) is 0 Å². The number of carbonyl (C=O) groups excluding carboxylic acids is 1. The molecule has 0 radical (unpaired) electrons. The summed E-state index contributed by atoms with van der Waals surface area (Å²) in [7, 11) is 0. The summed E-state index contributed by atoms with van der Waals surface area (Å²) in [5.41, 5.74) is 0.738. The summed E-state index contributed by atoms with van der Waals surface area (Å²) >= 11 is 0. The van der Waals surface area contributed by atoms with Crippen molar-refractivity contribution in [1.29, 1.82) is 0 Å². The molecule has 0 aliphatic heterocycles. The standard InChI is InChI=1S/C18H13F2N3O3/c19-14-6-5-11(10-15(14)20)16(18(25)26)22-17(24)12-3-1-4-13(9-12)23-8-2-7-21-23/h1-10,16H,(H,22,24)(H,25,26)/t16-/m1/s1. The lowest BCUT2D eigenvalue weighted by atomic mass is 10.1. The molecule has 1 atom stereocenters. The van der Waals surface area contributed by atoms with Crippen molar-refractivity contribution in [2.24, 2.45) is 0 Å². The van der Waals surface area contributed by atoms with E-state index in [9.17, 15) is 23.5 Å². The molecule has 1 amide bonds. The maximum atomic E-state index is 13.4. The first-order chi connectivity index (χ1) is 12.5. The molecule has 2 aromatic carbocycles. The highest BCUT2D eigenvalue weighted by molar-refractivity contribution is 5.97. The fourth-order valence-electron chi connectivity index (χ4n) is 2.41. The molecule has 132 valence electrons. The van der Waals surface area contributed by atoms with Gasteiger partial charge < -0.3 is 10.4 Å². The summed E-state index contributed by atoms with van der Waals surface area (Å²) in [6, 6.07) is 9.26. The molecule has 0 saturated heterocycles. The number of halogens is 2. The van der Waals surface area contributed by atoms with Crippen LogP contribution in [0.5, 0.6) is 0 Å². The Morgan fingerprint density at radius 2 is 1.88 bits per heavy atom. The van der Waals surface area contributed by atoms with E-state index >= 15 is 0 Å². The van der Waals surface area contributed by atoms with Gasteiger partial charge in [0.05, 0.1) is 5.69 Å². The lowest BCUT2D eigenvalue weighted by Gasteiger charge is -2.15. The molecule has 1 heterocycles. The number of amides is 1. The summed E-state index contributed by atoms with van der Waals surface area (Å²) in [6.45, 7) is 0. The first-order valence-electron chi connectivity index (χ1n) is 7.54. The molecule has 0 bridgehead atoms. The summed E-state index contributed by atoms with van der Waals surface area (Å²) < 4.78 is 28.0. The van der Waals surface area contributed by atoms with Gasteiger partial charge in [0.25, 0.3) is 5.91 Å². The van der Waals surface area contributed by atoms with Gasteiger partial charge in [-0.1, -0.05) is 12.1 Å². The Morgan fingerprint density at radius 3 is 2.54 bits per heavy atom. The van der Waals surface area contributed by atoms with Crippen molar-refractivity contribution < 1.29 is 23.5 Å². The largest absolute Gasteiger partial charge is 0.479 e. The van der Waals surface area contributed by atoms with Gasteiger partial charge >= 0.3 is 5.97 Å². The van der Waals surface area contributed by atoms with Gasteiger partial charge in [-0.25, -0.2) is 18.3 Å². The van der Waals surface area contributed by atoms with Crippen LogP contribution in [0.25, 0.3) is 5.69 Å². The number of benzene rings is 2. The molecule has 0 saturated carbocycles. The highest BCUT2D eigenvalue weighted by atomic mass is 19.2. The van der Waals surface area contributed by atoms with Crippen LogP contribution >= 0.6 is 0 Å². The molecule has 0 aliphatic carbocycles. The maximum Gasteiger partial charge on any atom is 0.330 e. The lowest BCUT2D eigenvalue weighted by molar-refractivity contribution is -0.139. The predicted octanol–water partition coefficient (Wildman–Crippen LogP) is 2.71. The highest BCUT2D eigenvalue weighted by Gasteiger charge is 2.24. The Balaban J connectivity index is 1.86. The Hall–Kier alpha value is -3.55. The summed E-state index contributed by atoms with van der Waals surface area (Å²) in [5, 5.41) is 15.7. The van der Waals surface area contributed by atoms with Gasteiger partial charge in [-0.05, 0) is 42.0 Å². The van der Waals surface area contributed by atoms with E-state index < -0.39 is 29.6 Å². The molecular weight excluding hydrogens is 344 g/mol. The molecule has 6 nitrogen and oxygen atoms in total. The zero-order valence-electron chi connectivity index (χ0n) is 13.3. The predicted molar refractivity (Wildman–Crippen MR) is 87.8 cm³/mol. The average Bonchev–Trinajstić information content (AvgIpc) is 3.16. The molecule has 3 rings (SSSR count). The number of hydrogen-bond acceptors (Lipinski definition) is 3. The maximum absolute atomic E-state index is 13.4. The molecule has 0 fully saturated rings. The monoisotopic (exact) mass is 357 g/mol. The van der Waals surface area contributed by atoms with E-state index in [0.29, 0.717) is 5.69 Å². The zero-order chi connectivity index (χ0) is 18.7. The number of nitrogens with zero attached hydrogens (tertiary/aromatic N) is 2. The molecule has 0 unspecified atom stereocenters. The number of carboxylic acid groups (broad SMARTS) is 1. The topological polar surface area (TPSA) is 84.2 Å². The van der Waals surface area contributed by atoms with Crippen molar-refractivity contribution >= 4 is 11.9 Å². The van der Waals surface area contributed by atoms with E-state index in [4.69, 9.17) is 0 Å². The van der Waals surface area contributed by atoms with Crippen LogP contribution in [0.1, 0.15) is 22.0 Å². The number of rotatable bonds is 5. The lowest BCUT2D eigenvalue weighted by Crippen LogP contribution is -2.33. The normalized spacial score (nSPS) is 11.8. The zero-order valence-corrected chi connectivity index (χ0v) is 13.3. The van der Waals surface area contributed by atoms with Crippen molar-refractivity contribution in [2.75, 3.05) is 0 Å². The summed E-state index contributed by atoms with van der Waals surface area (Å²) in [4.78, 5) is 23.9. The van der Waals surface area contributed by atoms with E-state index in [2.05, 4.69) is 10.4 Å². The smallest absolute Gasteiger partial charge is 0.330 e. The van der Waals surface area contributed by atoms with Crippen LogP contribution in [-0.4, -0.2) is 26.8 Å². The number of nitrogens with one attached hydrogen (secondary N) is 1. The third kappa shape index (κ3) is 3.59. The summed E-state index contributed by atoms with van der Waals surface area (Å²) in [6.07, 6.45) is 3.27. The van der Waals surface area contributed by atoms with Gasteiger partial charge in [0, 0.05) is 18.0 Å². The Kier molecular flexibility index (Phi) is 4.74. The second-order valence-electron chi connectivity index (χ2n) is 5.42. The number of aromatic nitrogens is 2. The van der Waals surface area contributed by atoms with Crippen LogP contribution in [0.3, 0.4) is 0 Å². The molecule has 3 aromatic rings. The number of carboxylic acids is 1. The minimum Gasteiger partial charge on any atom is -0.479 e. The molecular formula is C18H13F2N3O3. The quantitative estimate of drug-likeness (QED) is 0.735. The molecule has 2 N–H and O–H groups in total. The van der Waals surface area contributed by atoms with Gasteiger partial charge in [-0.2, -0.15) is 5.10 Å². The van der Waals surface area contributed by atoms with Crippen LogP contribution in [0.2, 0.25) is 0 Å². The number of aliphatic carboxylic acids is 1. The van der Waals surface area contributed by atoms with Gasteiger partial charge in [-0.3, -0.25) is 4.79 Å². The Labute approximate surface area is 146 Å². The van der Waals surface area contributed by atoms with E-state index in [1.807, 2.05) is 0 Å². The van der Waals surface area contributed by atoms with Crippen molar-refractivity contribution in [3.05, 3.63) is 83.7 Å². The third-order valence-corrected chi connectivity index (χ3v) is 3.68. The van der Waals surface area contributed by atoms with Crippen molar-refractivity contribution in [2.45, 2.75) is 6.04 Å². The summed E-state index contributed by atoms with van der Waals surface area (Å²) in [5.74, 6) is -4.36. The highest BCUT2D eigenvalue weighted by Crippen LogP contribution is 2.18. The minimum atomic E-state index is -1.52. The van der Waals surface area contributed by atoms with Crippen molar-refractivity contribution in [1.82, 2.24) is 15.1 Å².